The smallest absolute Gasteiger partial charge is 0.328 e. The number of hydrogen-bond donors (Lipinski definition) is 3. The van der Waals surface area contributed by atoms with Gasteiger partial charge in [-0.25, -0.2) is 18.0 Å². The van der Waals surface area contributed by atoms with E-state index in [9.17, 15) is 37.8 Å². The number of phenolic OH excluding ortho intramolecular Hbond substituents is 1. The van der Waals surface area contributed by atoms with Gasteiger partial charge in [0.1, 0.15) is 11.4 Å². The normalized spacial score (nSPS) is 11.6. The predicted molar refractivity (Wildman–Crippen MR) is 108 cm³/mol. The van der Waals surface area contributed by atoms with Gasteiger partial charge in [0.15, 0.2) is 17.4 Å². The SMILES string of the molecule is Cc1c(CC(=O)NC(C)(C)C(=O)O)c2c(F)c(O)c(F)cc2n1C(=O)c1cccc(F)c1. The number of aromatic hydroxyl groups is 1. The molecule has 0 radical (unpaired) electrons. The number of fused-ring (bicyclic) bond motifs is 1. The molecule has 2 aromatic carbocycles. The van der Waals surface area contributed by atoms with Crippen LogP contribution < -0.4 is 5.32 Å². The van der Waals surface area contributed by atoms with Crippen LogP contribution in [0.4, 0.5) is 13.2 Å². The molecule has 3 aromatic rings. The van der Waals surface area contributed by atoms with E-state index in [2.05, 4.69) is 5.32 Å². The van der Waals surface area contributed by atoms with Crippen LogP contribution in [0.3, 0.4) is 0 Å². The van der Waals surface area contributed by atoms with Gasteiger partial charge in [0.2, 0.25) is 5.91 Å². The van der Waals surface area contributed by atoms with E-state index in [-0.39, 0.29) is 27.7 Å². The molecule has 0 saturated heterocycles. The lowest BCUT2D eigenvalue weighted by molar-refractivity contribution is -0.145. The van der Waals surface area contributed by atoms with Crippen molar-refractivity contribution in [2.75, 3.05) is 0 Å². The Balaban J connectivity index is 2.20. The number of carbonyl (C=O) groups excluding carboxylic acids is 2. The second-order valence-corrected chi connectivity index (χ2v) is 7.79. The first kappa shape index (κ1) is 22.9. The number of hydrogen-bond acceptors (Lipinski definition) is 4. The maximum absolute atomic E-state index is 14.9. The van der Waals surface area contributed by atoms with Gasteiger partial charge >= 0.3 is 5.97 Å². The van der Waals surface area contributed by atoms with Crippen LogP contribution in [0, 0.1) is 24.4 Å². The Labute approximate surface area is 180 Å². The van der Waals surface area contributed by atoms with Crippen LogP contribution in [0.15, 0.2) is 30.3 Å². The molecule has 10 heteroatoms. The maximum atomic E-state index is 14.9. The topological polar surface area (TPSA) is 109 Å². The Morgan fingerprint density at radius 1 is 1.12 bits per heavy atom. The summed E-state index contributed by atoms with van der Waals surface area (Å²) < 4.78 is 43.5. The maximum Gasteiger partial charge on any atom is 0.328 e. The summed E-state index contributed by atoms with van der Waals surface area (Å²) in [6, 6.07) is 5.41. The second-order valence-electron chi connectivity index (χ2n) is 7.79. The summed E-state index contributed by atoms with van der Waals surface area (Å²) in [7, 11) is 0. The first-order valence-electron chi connectivity index (χ1n) is 9.40. The standard InChI is InChI=1S/C22H19F3N2O5/c1-10-13(8-16(28)26-22(2,3)21(31)32)17-15(9-14(24)19(29)18(17)25)27(10)20(30)11-5-4-6-12(23)7-11/h4-7,9,29H,8H2,1-3H3,(H,26,28)(H,31,32). The fraction of sp³-hybridized carbons (Fsp3) is 0.227. The molecule has 3 N–H and O–H groups in total. The van der Waals surface area contributed by atoms with Gasteiger partial charge in [-0.1, -0.05) is 6.07 Å². The number of rotatable bonds is 5. The molecule has 3 rings (SSSR count). The van der Waals surface area contributed by atoms with Gasteiger partial charge < -0.3 is 15.5 Å². The molecule has 0 aliphatic carbocycles. The molecule has 168 valence electrons. The highest BCUT2D eigenvalue weighted by Gasteiger charge is 2.31. The number of phenols is 1. The van der Waals surface area contributed by atoms with Crippen LogP contribution in [0.5, 0.6) is 5.75 Å². The molecule has 32 heavy (non-hydrogen) atoms. The molecular weight excluding hydrogens is 429 g/mol. The second kappa shape index (κ2) is 8.03. The molecule has 7 nitrogen and oxygen atoms in total. The number of amides is 1. The van der Waals surface area contributed by atoms with Gasteiger partial charge in [-0.2, -0.15) is 0 Å². The number of carboxylic acid groups (broad SMARTS) is 1. The third-order valence-electron chi connectivity index (χ3n) is 5.09. The van der Waals surface area contributed by atoms with Crippen molar-refractivity contribution in [3.63, 3.8) is 0 Å². The Morgan fingerprint density at radius 2 is 1.78 bits per heavy atom. The van der Waals surface area contributed by atoms with E-state index in [0.717, 1.165) is 22.8 Å². The van der Waals surface area contributed by atoms with Crippen LogP contribution in [0.1, 0.15) is 35.5 Å². The van der Waals surface area contributed by atoms with Crippen molar-refractivity contribution < 1.29 is 37.8 Å². The average molecular weight is 448 g/mol. The van der Waals surface area contributed by atoms with E-state index in [4.69, 9.17) is 0 Å². The van der Waals surface area contributed by atoms with Crippen molar-refractivity contribution in [3.8, 4) is 5.75 Å². The number of aromatic nitrogens is 1. The predicted octanol–water partition coefficient (Wildman–Crippen LogP) is 3.28. The van der Waals surface area contributed by atoms with E-state index >= 15 is 0 Å². The quantitative estimate of drug-likeness (QED) is 0.555. The van der Waals surface area contributed by atoms with E-state index in [1.54, 1.807) is 0 Å². The molecule has 0 spiro atoms. The van der Waals surface area contributed by atoms with Crippen molar-refractivity contribution in [2.45, 2.75) is 32.7 Å². The summed E-state index contributed by atoms with van der Waals surface area (Å²) in [6.45, 7) is 3.87. The lowest BCUT2D eigenvalue weighted by Crippen LogP contribution is -2.50. The van der Waals surface area contributed by atoms with Gasteiger partial charge in [-0.05, 0) is 44.5 Å². The van der Waals surface area contributed by atoms with E-state index in [1.807, 2.05) is 0 Å². The largest absolute Gasteiger partial charge is 0.503 e. The summed E-state index contributed by atoms with van der Waals surface area (Å²) in [5.41, 5.74) is -2.03. The summed E-state index contributed by atoms with van der Waals surface area (Å²) in [4.78, 5) is 36.9. The third-order valence-corrected chi connectivity index (χ3v) is 5.09. The monoisotopic (exact) mass is 448 g/mol. The van der Waals surface area contributed by atoms with Crippen molar-refractivity contribution in [1.29, 1.82) is 0 Å². The Morgan fingerprint density at radius 3 is 2.38 bits per heavy atom. The average Bonchev–Trinajstić information content (AvgIpc) is 2.96. The number of carbonyl (C=O) groups is 3. The first-order chi connectivity index (χ1) is 14.8. The van der Waals surface area contributed by atoms with E-state index < -0.39 is 52.9 Å². The van der Waals surface area contributed by atoms with Crippen molar-refractivity contribution in [1.82, 2.24) is 9.88 Å². The molecule has 0 fully saturated rings. The van der Waals surface area contributed by atoms with Crippen LogP contribution in [0.25, 0.3) is 10.9 Å². The molecule has 0 atom stereocenters. The minimum Gasteiger partial charge on any atom is -0.503 e. The highest BCUT2D eigenvalue weighted by Crippen LogP contribution is 2.35. The molecule has 1 amide bonds. The Hall–Kier alpha value is -3.82. The molecule has 0 unspecified atom stereocenters. The first-order valence-corrected chi connectivity index (χ1v) is 9.40. The minimum atomic E-state index is -1.63. The molecule has 0 aliphatic heterocycles. The molecule has 0 saturated carbocycles. The van der Waals surface area contributed by atoms with Gasteiger partial charge in [-0.3, -0.25) is 14.2 Å². The fourth-order valence-corrected chi connectivity index (χ4v) is 3.39. The van der Waals surface area contributed by atoms with Crippen molar-refractivity contribution >= 4 is 28.7 Å². The summed E-state index contributed by atoms with van der Waals surface area (Å²) >= 11 is 0. The van der Waals surface area contributed by atoms with E-state index in [0.29, 0.717) is 0 Å². The van der Waals surface area contributed by atoms with Crippen molar-refractivity contribution in [3.05, 3.63) is 64.6 Å². The lowest BCUT2D eigenvalue weighted by Gasteiger charge is -2.21. The number of carboxylic acids is 1. The van der Waals surface area contributed by atoms with Crippen LogP contribution in [0.2, 0.25) is 0 Å². The fourth-order valence-electron chi connectivity index (χ4n) is 3.39. The number of benzene rings is 2. The van der Waals surface area contributed by atoms with Gasteiger partial charge in [-0.15, -0.1) is 0 Å². The van der Waals surface area contributed by atoms with Gasteiger partial charge in [0, 0.05) is 22.7 Å². The zero-order chi connectivity index (χ0) is 24.0. The highest BCUT2D eigenvalue weighted by atomic mass is 19.1. The molecule has 1 heterocycles. The molecule has 0 bridgehead atoms. The minimum absolute atomic E-state index is 0.0430. The van der Waals surface area contributed by atoms with Crippen LogP contribution >= 0.6 is 0 Å². The summed E-state index contributed by atoms with van der Waals surface area (Å²) in [5, 5.41) is 20.8. The summed E-state index contributed by atoms with van der Waals surface area (Å²) in [5.74, 6) is -7.62. The van der Waals surface area contributed by atoms with Crippen molar-refractivity contribution in [2.24, 2.45) is 0 Å². The summed E-state index contributed by atoms with van der Waals surface area (Å²) in [6.07, 6.45) is -0.565. The molecule has 0 aliphatic rings. The zero-order valence-electron chi connectivity index (χ0n) is 17.3. The number of halogens is 3. The van der Waals surface area contributed by atoms with Gasteiger partial charge in [0.25, 0.3) is 5.91 Å². The number of nitrogens with zero attached hydrogens (tertiary/aromatic N) is 1. The van der Waals surface area contributed by atoms with E-state index in [1.165, 1.54) is 32.9 Å². The third kappa shape index (κ3) is 3.91. The van der Waals surface area contributed by atoms with Crippen LogP contribution in [-0.2, 0) is 16.0 Å². The van der Waals surface area contributed by atoms with Crippen LogP contribution in [-0.4, -0.2) is 38.1 Å². The zero-order valence-corrected chi connectivity index (χ0v) is 17.3. The van der Waals surface area contributed by atoms with Gasteiger partial charge in [0.05, 0.1) is 11.9 Å². The number of aliphatic carboxylic acids is 1. The highest BCUT2D eigenvalue weighted by molar-refractivity contribution is 6.05. The molecule has 1 aromatic heterocycles. The Bertz CT molecular complexity index is 1280. The lowest BCUT2D eigenvalue weighted by atomic mass is 10.0. The number of nitrogens with one attached hydrogen (secondary N) is 1. The Kier molecular flexibility index (Phi) is 5.73. The molecular formula is C22H19F3N2O5.